The second-order valence-electron chi connectivity index (χ2n) is 3.21. The van der Waals surface area contributed by atoms with Crippen LogP contribution in [-0.4, -0.2) is 21.2 Å². The second-order valence-corrected chi connectivity index (χ2v) is 3.21. The molecule has 0 bridgehead atoms. The summed E-state index contributed by atoms with van der Waals surface area (Å²) in [6.07, 6.45) is 2.89. The van der Waals surface area contributed by atoms with Gasteiger partial charge in [-0.05, 0) is 12.1 Å². The van der Waals surface area contributed by atoms with Crippen molar-refractivity contribution in [1.82, 2.24) is 10.2 Å². The number of nitrogens with two attached hydrogens (primary N) is 1. The van der Waals surface area contributed by atoms with E-state index in [2.05, 4.69) is 15.5 Å². The number of carbonyl (C=O) groups is 1. The van der Waals surface area contributed by atoms with Crippen LogP contribution in [0.4, 0.5) is 11.4 Å². The summed E-state index contributed by atoms with van der Waals surface area (Å²) >= 11 is 0. The van der Waals surface area contributed by atoms with Crippen molar-refractivity contribution in [1.29, 1.82) is 0 Å². The Kier molecular flexibility index (Phi) is 2.47. The highest BCUT2D eigenvalue weighted by Gasteiger charge is 2.08. The Morgan fingerprint density at radius 3 is 2.94 bits per heavy atom. The van der Waals surface area contributed by atoms with Crippen molar-refractivity contribution in [2.75, 3.05) is 11.1 Å². The Bertz CT molecular complexity index is 508. The van der Waals surface area contributed by atoms with Gasteiger partial charge in [0, 0.05) is 12.3 Å². The number of anilines is 2. The normalized spacial score (nSPS) is 10.0. The molecule has 1 aromatic heterocycles. The highest BCUT2D eigenvalue weighted by Crippen LogP contribution is 2.23. The van der Waals surface area contributed by atoms with Crippen molar-refractivity contribution in [3.05, 3.63) is 36.2 Å². The van der Waals surface area contributed by atoms with Crippen molar-refractivity contribution < 1.29 is 9.90 Å². The summed E-state index contributed by atoms with van der Waals surface area (Å²) in [5.74, 6) is -0.259. The van der Waals surface area contributed by atoms with E-state index in [0.717, 1.165) is 0 Å². The van der Waals surface area contributed by atoms with E-state index >= 15 is 0 Å². The zero-order valence-electron chi connectivity index (χ0n) is 8.27. The van der Waals surface area contributed by atoms with Gasteiger partial charge in [-0.15, -0.1) is 0 Å². The number of amides is 1. The first-order valence-corrected chi connectivity index (χ1v) is 4.55. The van der Waals surface area contributed by atoms with E-state index in [-0.39, 0.29) is 11.7 Å². The van der Waals surface area contributed by atoms with Crippen LogP contribution in [0, 0.1) is 0 Å². The lowest BCUT2D eigenvalue weighted by Crippen LogP contribution is -2.12. The maximum absolute atomic E-state index is 11.6. The van der Waals surface area contributed by atoms with Gasteiger partial charge in [0.05, 0.1) is 23.1 Å². The van der Waals surface area contributed by atoms with Gasteiger partial charge in [0.25, 0.3) is 5.91 Å². The molecule has 0 aliphatic rings. The number of phenolic OH excluding ortho intramolecular Hbond substituents is 1. The van der Waals surface area contributed by atoms with Gasteiger partial charge in [0.1, 0.15) is 5.75 Å². The van der Waals surface area contributed by atoms with Gasteiger partial charge >= 0.3 is 0 Å². The minimum Gasteiger partial charge on any atom is -0.508 e. The maximum Gasteiger partial charge on any atom is 0.258 e. The fraction of sp³-hybridized carbons (Fsp3) is 0. The fourth-order valence-corrected chi connectivity index (χ4v) is 1.23. The molecule has 0 unspecified atom stereocenters. The highest BCUT2D eigenvalue weighted by molar-refractivity contribution is 6.05. The number of H-pyrrole nitrogens is 1. The minimum atomic E-state index is -0.314. The van der Waals surface area contributed by atoms with Crippen LogP contribution in [0.5, 0.6) is 5.75 Å². The molecule has 0 aliphatic heterocycles. The van der Waals surface area contributed by atoms with E-state index in [1.807, 2.05) is 0 Å². The zero-order chi connectivity index (χ0) is 11.5. The summed E-state index contributed by atoms with van der Waals surface area (Å²) in [6.45, 7) is 0. The number of phenols is 1. The SMILES string of the molecule is Nc1cc(O)ccc1NC(=O)c1cn[nH]c1. The third kappa shape index (κ3) is 1.95. The molecule has 0 fully saturated rings. The van der Waals surface area contributed by atoms with E-state index in [1.54, 1.807) is 0 Å². The average Bonchev–Trinajstić information content (AvgIpc) is 2.75. The van der Waals surface area contributed by atoms with Gasteiger partial charge in [-0.3, -0.25) is 9.89 Å². The first kappa shape index (κ1) is 10.0. The van der Waals surface area contributed by atoms with Crippen molar-refractivity contribution >= 4 is 17.3 Å². The van der Waals surface area contributed by atoms with E-state index in [9.17, 15) is 4.79 Å². The van der Waals surface area contributed by atoms with Crippen molar-refractivity contribution in [3.63, 3.8) is 0 Å². The van der Waals surface area contributed by atoms with Gasteiger partial charge in [-0.2, -0.15) is 5.10 Å². The molecular weight excluding hydrogens is 208 g/mol. The molecule has 2 rings (SSSR count). The Morgan fingerprint density at radius 2 is 2.31 bits per heavy atom. The summed E-state index contributed by atoms with van der Waals surface area (Å²) in [5.41, 5.74) is 6.79. The number of aromatic amines is 1. The van der Waals surface area contributed by atoms with Crippen LogP contribution in [0.1, 0.15) is 10.4 Å². The van der Waals surface area contributed by atoms with Gasteiger partial charge < -0.3 is 16.2 Å². The molecule has 2 aromatic rings. The molecule has 16 heavy (non-hydrogen) atoms. The molecule has 0 radical (unpaired) electrons. The number of carbonyl (C=O) groups excluding carboxylic acids is 1. The zero-order valence-corrected chi connectivity index (χ0v) is 8.27. The molecule has 1 heterocycles. The number of hydrogen-bond acceptors (Lipinski definition) is 4. The molecule has 0 spiro atoms. The van der Waals surface area contributed by atoms with E-state index in [1.165, 1.54) is 30.6 Å². The van der Waals surface area contributed by atoms with Crippen LogP contribution in [0.25, 0.3) is 0 Å². The summed E-state index contributed by atoms with van der Waals surface area (Å²) in [5, 5.41) is 18.0. The Labute approximate surface area is 91.1 Å². The molecule has 0 aliphatic carbocycles. The van der Waals surface area contributed by atoms with Crippen LogP contribution in [0.15, 0.2) is 30.6 Å². The molecule has 82 valence electrons. The Hall–Kier alpha value is -2.50. The number of hydrogen-bond donors (Lipinski definition) is 4. The van der Waals surface area contributed by atoms with Crippen molar-refractivity contribution in [2.24, 2.45) is 0 Å². The summed E-state index contributed by atoms with van der Waals surface area (Å²) in [4.78, 5) is 11.6. The smallest absolute Gasteiger partial charge is 0.258 e. The third-order valence-electron chi connectivity index (χ3n) is 2.04. The first-order valence-electron chi connectivity index (χ1n) is 4.55. The Morgan fingerprint density at radius 1 is 1.50 bits per heavy atom. The predicted octanol–water partition coefficient (Wildman–Crippen LogP) is 0.950. The molecule has 1 amide bonds. The molecule has 5 N–H and O–H groups in total. The van der Waals surface area contributed by atoms with Gasteiger partial charge in [0.15, 0.2) is 0 Å². The monoisotopic (exact) mass is 218 g/mol. The van der Waals surface area contributed by atoms with Crippen LogP contribution in [0.2, 0.25) is 0 Å². The minimum absolute atomic E-state index is 0.0545. The quantitative estimate of drug-likeness (QED) is 0.445. The largest absolute Gasteiger partial charge is 0.508 e. The molecule has 0 saturated carbocycles. The summed E-state index contributed by atoms with van der Waals surface area (Å²) in [6, 6.07) is 4.34. The van der Waals surface area contributed by atoms with E-state index in [4.69, 9.17) is 10.8 Å². The standard InChI is InChI=1S/C10H10N4O2/c11-8-3-7(15)1-2-9(8)14-10(16)6-4-12-13-5-6/h1-5,15H,11H2,(H,12,13)(H,14,16). The Balaban J connectivity index is 2.18. The van der Waals surface area contributed by atoms with Gasteiger partial charge in [0.2, 0.25) is 0 Å². The van der Waals surface area contributed by atoms with Crippen LogP contribution >= 0.6 is 0 Å². The topological polar surface area (TPSA) is 104 Å². The van der Waals surface area contributed by atoms with Crippen molar-refractivity contribution in [3.8, 4) is 5.75 Å². The number of benzene rings is 1. The predicted molar refractivity (Wildman–Crippen MR) is 59.1 cm³/mol. The number of nitrogens with zero attached hydrogens (tertiary/aromatic N) is 1. The third-order valence-corrected chi connectivity index (χ3v) is 2.04. The first-order chi connectivity index (χ1) is 7.66. The molecular formula is C10H10N4O2. The van der Waals surface area contributed by atoms with E-state index < -0.39 is 0 Å². The molecule has 1 aromatic carbocycles. The number of aromatic nitrogens is 2. The van der Waals surface area contributed by atoms with Crippen LogP contribution in [0.3, 0.4) is 0 Å². The van der Waals surface area contributed by atoms with Gasteiger partial charge in [-0.1, -0.05) is 0 Å². The number of aromatic hydroxyl groups is 1. The lowest BCUT2D eigenvalue weighted by Gasteiger charge is -2.06. The van der Waals surface area contributed by atoms with Crippen LogP contribution < -0.4 is 11.1 Å². The summed E-state index contributed by atoms with van der Waals surface area (Å²) in [7, 11) is 0. The average molecular weight is 218 g/mol. The fourth-order valence-electron chi connectivity index (χ4n) is 1.23. The van der Waals surface area contributed by atoms with Gasteiger partial charge in [-0.25, -0.2) is 0 Å². The lowest BCUT2D eigenvalue weighted by molar-refractivity contribution is 0.102. The number of nitrogen functional groups attached to an aromatic ring is 1. The van der Waals surface area contributed by atoms with Crippen molar-refractivity contribution in [2.45, 2.75) is 0 Å². The summed E-state index contributed by atoms with van der Waals surface area (Å²) < 4.78 is 0. The van der Waals surface area contributed by atoms with Crippen LogP contribution in [-0.2, 0) is 0 Å². The number of rotatable bonds is 2. The lowest BCUT2D eigenvalue weighted by atomic mass is 10.2. The maximum atomic E-state index is 11.6. The number of nitrogens with one attached hydrogen (secondary N) is 2. The highest BCUT2D eigenvalue weighted by atomic mass is 16.3. The van der Waals surface area contributed by atoms with E-state index in [0.29, 0.717) is 16.9 Å². The molecule has 0 saturated heterocycles. The molecule has 6 nitrogen and oxygen atoms in total. The molecule has 6 heteroatoms. The molecule has 0 atom stereocenters. The second kappa shape index (κ2) is 3.93.